The molecular weight excluding hydrogens is 366 g/mol. The second-order valence-corrected chi connectivity index (χ2v) is 10.3. The molecule has 0 saturated heterocycles. The topological polar surface area (TPSA) is 75.6 Å². The largest absolute Gasteiger partial charge is 0.456 e. The molecule has 158 valence electrons. The molecule has 0 spiro atoms. The second kappa shape index (κ2) is 7.42. The first-order valence-electron chi connectivity index (χ1n) is 10.9. The average Bonchev–Trinajstić information content (AvgIpc) is 2.59. The van der Waals surface area contributed by atoms with Crippen molar-refractivity contribution < 1.29 is 19.4 Å². The fourth-order valence-corrected chi connectivity index (χ4v) is 6.63. The highest BCUT2D eigenvalue weighted by Gasteiger charge is 2.57. The summed E-state index contributed by atoms with van der Waals surface area (Å²) < 4.78 is 5.36. The molecule has 0 radical (unpaired) electrons. The fraction of sp³-hybridized carbons (Fsp3) is 0.667. The van der Waals surface area contributed by atoms with Gasteiger partial charge in [-0.05, 0) is 79.7 Å². The number of benzene rings is 1. The summed E-state index contributed by atoms with van der Waals surface area (Å²) >= 11 is 0. The van der Waals surface area contributed by atoms with Gasteiger partial charge in [-0.1, -0.05) is 32.0 Å². The molecule has 4 bridgehead atoms. The molecule has 0 heterocycles. The van der Waals surface area contributed by atoms with Crippen LogP contribution >= 0.6 is 0 Å². The number of para-hydroxylation sites is 1. The number of hydrogen-bond acceptors (Lipinski definition) is 4. The highest BCUT2D eigenvalue weighted by molar-refractivity contribution is 5.94. The summed E-state index contributed by atoms with van der Waals surface area (Å²) in [5, 5.41) is 13.8. The predicted octanol–water partition coefficient (Wildman–Crippen LogP) is 4.32. The molecule has 5 heteroatoms. The Bertz CT molecular complexity index is 801. The van der Waals surface area contributed by atoms with Gasteiger partial charge in [-0.2, -0.15) is 0 Å². The van der Waals surface area contributed by atoms with Gasteiger partial charge in [0.2, 0.25) is 0 Å². The molecular formula is C24H33NO4. The SMILES string of the molecule is Cc1cccc(C(C)C)c1NC(=O)COC(=O)CC12C[C@@H]3C[C@@H](CC(O)(C3)C1)C2. The number of aryl methyl sites for hydroxylation is 1. The molecule has 0 aromatic heterocycles. The van der Waals surface area contributed by atoms with Crippen molar-refractivity contribution >= 4 is 17.6 Å². The number of anilines is 1. The summed E-state index contributed by atoms with van der Waals surface area (Å²) in [4.78, 5) is 25.0. The number of hydrogen-bond donors (Lipinski definition) is 2. The maximum atomic E-state index is 12.5. The molecule has 5 rings (SSSR count). The summed E-state index contributed by atoms with van der Waals surface area (Å²) in [5.41, 5.74) is 2.17. The minimum Gasteiger partial charge on any atom is -0.456 e. The van der Waals surface area contributed by atoms with Crippen LogP contribution in [0.5, 0.6) is 0 Å². The molecule has 0 aliphatic heterocycles. The number of rotatable bonds is 6. The minimum atomic E-state index is -0.584. The zero-order valence-electron chi connectivity index (χ0n) is 17.8. The number of carbonyl (C=O) groups is 2. The number of esters is 1. The maximum Gasteiger partial charge on any atom is 0.306 e. The van der Waals surface area contributed by atoms with Gasteiger partial charge >= 0.3 is 5.97 Å². The highest BCUT2D eigenvalue weighted by Crippen LogP contribution is 2.62. The lowest BCUT2D eigenvalue weighted by atomic mass is 9.47. The van der Waals surface area contributed by atoms with E-state index in [1.165, 1.54) is 6.42 Å². The van der Waals surface area contributed by atoms with E-state index in [1.807, 2.05) is 25.1 Å². The van der Waals surface area contributed by atoms with Crippen LogP contribution in [0.25, 0.3) is 0 Å². The highest BCUT2D eigenvalue weighted by atomic mass is 16.5. The van der Waals surface area contributed by atoms with Gasteiger partial charge in [0.25, 0.3) is 5.91 Å². The first-order chi connectivity index (χ1) is 13.7. The van der Waals surface area contributed by atoms with Crippen molar-refractivity contribution in [1.82, 2.24) is 0 Å². The second-order valence-electron chi connectivity index (χ2n) is 10.3. The molecule has 5 nitrogen and oxygen atoms in total. The third-order valence-electron chi connectivity index (χ3n) is 7.23. The van der Waals surface area contributed by atoms with E-state index < -0.39 is 5.60 Å². The summed E-state index contributed by atoms with van der Waals surface area (Å²) in [5.74, 6) is 0.730. The summed E-state index contributed by atoms with van der Waals surface area (Å²) in [6, 6.07) is 5.96. The Kier molecular flexibility index (Phi) is 5.22. The van der Waals surface area contributed by atoms with E-state index >= 15 is 0 Å². The van der Waals surface area contributed by atoms with Crippen molar-refractivity contribution in [3.05, 3.63) is 29.3 Å². The van der Waals surface area contributed by atoms with E-state index in [-0.39, 0.29) is 29.8 Å². The average molecular weight is 400 g/mol. The Balaban J connectivity index is 1.33. The molecule has 1 aromatic carbocycles. The molecule has 4 aliphatic rings. The van der Waals surface area contributed by atoms with Crippen molar-refractivity contribution in [1.29, 1.82) is 0 Å². The van der Waals surface area contributed by atoms with Crippen LogP contribution in [0, 0.1) is 24.2 Å². The van der Waals surface area contributed by atoms with E-state index in [2.05, 4.69) is 19.2 Å². The van der Waals surface area contributed by atoms with E-state index in [9.17, 15) is 14.7 Å². The van der Waals surface area contributed by atoms with Crippen LogP contribution in [-0.2, 0) is 14.3 Å². The summed E-state index contributed by atoms with van der Waals surface area (Å²) in [7, 11) is 0. The lowest BCUT2D eigenvalue weighted by Gasteiger charge is -2.60. The smallest absolute Gasteiger partial charge is 0.306 e. The van der Waals surface area contributed by atoms with Gasteiger partial charge < -0.3 is 15.2 Å². The molecule has 2 N–H and O–H groups in total. The Morgan fingerprint density at radius 2 is 1.90 bits per heavy atom. The fourth-order valence-electron chi connectivity index (χ4n) is 6.63. The van der Waals surface area contributed by atoms with Gasteiger partial charge in [-0.25, -0.2) is 0 Å². The molecule has 29 heavy (non-hydrogen) atoms. The van der Waals surface area contributed by atoms with Crippen molar-refractivity contribution in [2.45, 2.75) is 77.2 Å². The van der Waals surface area contributed by atoms with E-state index in [0.717, 1.165) is 42.5 Å². The van der Waals surface area contributed by atoms with Gasteiger partial charge in [0, 0.05) is 5.69 Å². The van der Waals surface area contributed by atoms with E-state index in [4.69, 9.17) is 4.74 Å². The number of ether oxygens (including phenoxy) is 1. The molecule has 2 unspecified atom stereocenters. The minimum absolute atomic E-state index is 0.132. The maximum absolute atomic E-state index is 12.5. The van der Waals surface area contributed by atoms with Crippen LogP contribution in [0.2, 0.25) is 0 Å². The van der Waals surface area contributed by atoms with Gasteiger partial charge in [0.1, 0.15) is 0 Å². The van der Waals surface area contributed by atoms with E-state index in [1.54, 1.807) is 0 Å². The monoisotopic (exact) mass is 399 g/mol. The van der Waals surface area contributed by atoms with Crippen LogP contribution in [-0.4, -0.2) is 29.2 Å². The zero-order chi connectivity index (χ0) is 20.8. The summed E-state index contributed by atoms with van der Waals surface area (Å²) in [6.45, 7) is 5.87. The van der Waals surface area contributed by atoms with Gasteiger partial charge in [-0.3, -0.25) is 9.59 Å². The van der Waals surface area contributed by atoms with Crippen LogP contribution in [0.1, 0.15) is 75.8 Å². The summed E-state index contributed by atoms with van der Waals surface area (Å²) in [6.07, 6.45) is 6.00. The van der Waals surface area contributed by atoms with Crippen molar-refractivity contribution in [2.75, 3.05) is 11.9 Å². The van der Waals surface area contributed by atoms with Crippen molar-refractivity contribution in [3.8, 4) is 0 Å². The van der Waals surface area contributed by atoms with Crippen LogP contribution in [0.4, 0.5) is 5.69 Å². The molecule has 1 amide bonds. The molecule has 4 fully saturated rings. The quantitative estimate of drug-likeness (QED) is 0.699. The Labute approximate surface area is 173 Å². The number of nitrogens with one attached hydrogen (secondary N) is 1. The van der Waals surface area contributed by atoms with Crippen molar-refractivity contribution in [3.63, 3.8) is 0 Å². The normalized spacial score (nSPS) is 32.4. The third-order valence-corrected chi connectivity index (χ3v) is 7.23. The lowest BCUT2D eigenvalue weighted by molar-refractivity contribution is -0.177. The van der Waals surface area contributed by atoms with Crippen molar-refractivity contribution in [2.24, 2.45) is 17.3 Å². The standard InChI is InChI=1S/C24H33NO4/c1-15(2)19-6-4-5-16(3)22(19)25-20(26)13-29-21(27)12-23-8-17-7-18(9-23)11-24(28,10-17)14-23/h4-6,15,17-18,28H,7-14H2,1-3H3,(H,25,26)/t17-,18+,23?,24?. The van der Waals surface area contributed by atoms with Crippen LogP contribution in [0.3, 0.4) is 0 Å². The van der Waals surface area contributed by atoms with Crippen LogP contribution < -0.4 is 5.32 Å². The molecule has 4 saturated carbocycles. The first kappa shape index (κ1) is 20.4. The van der Waals surface area contributed by atoms with Gasteiger partial charge in [0.15, 0.2) is 6.61 Å². The first-order valence-corrected chi connectivity index (χ1v) is 10.9. The Morgan fingerprint density at radius 3 is 2.52 bits per heavy atom. The van der Waals surface area contributed by atoms with Crippen LogP contribution in [0.15, 0.2) is 18.2 Å². The number of aliphatic hydroxyl groups is 1. The van der Waals surface area contributed by atoms with Gasteiger partial charge in [-0.15, -0.1) is 0 Å². The Morgan fingerprint density at radius 1 is 1.21 bits per heavy atom. The third kappa shape index (κ3) is 4.20. The predicted molar refractivity (Wildman–Crippen MR) is 112 cm³/mol. The molecule has 4 atom stereocenters. The molecule has 4 aliphatic carbocycles. The Hall–Kier alpha value is -1.88. The van der Waals surface area contributed by atoms with E-state index in [0.29, 0.717) is 24.7 Å². The number of carbonyl (C=O) groups excluding carboxylic acids is 2. The van der Waals surface area contributed by atoms with Gasteiger partial charge in [0.05, 0.1) is 12.0 Å². The zero-order valence-corrected chi connectivity index (χ0v) is 17.8. The lowest BCUT2D eigenvalue weighted by Crippen LogP contribution is -2.56. The molecule has 1 aromatic rings. The number of amides is 1.